The van der Waals surface area contributed by atoms with Crippen molar-refractivity contribution in [3.05, 3.63) is 0 Å². The summed E-state index contributed by atoms with van der Waals surface area (Å²) >= 11 is 0. The lowest BCUT2D eigenvalue weighted by molar-refractivity contribution is -0.140. The van der Waals surface area contributed by atoms with Gasteiger partial charge in [-0.25, -0.2) is 19.4 Å². The maximum atomic E-state index is 12.9. The van der Waals surface area contributed by atoms with Crippen LogP contribution in [-0.4, -0.2) is 75.9 Å². The van der Waals surface area contributed by atoms with E-state index >= 15 is 0 Å². The van der Waals surface area contributed by atoms with Crippen LogP contribution in [0.25, 0.3) is 0 Å². The SMILES string of the molecule is CON=CC1=NN(C(=O)OC(C)(C)C)C(=O)N(N(C(C)=O)C(=O)OC(C)(C)C)C1. The number of rotatable bonds is 3. The number of carbonyl (C=O) groups is 4. The molecule has 12 nitrogen and oxygen atoms in total. The highest BCUT2D eigenvalue weighted by Crippen LogP contribution is 2.19. The van der Waals surface area contributed by atoms with Crippen LogP contribution in [0, 0.1) is 0 Å². The molecular formula is C17H27N5O7. The average Bonchev–Trinajstić information content (AvgIpc) is 2.51. The third kappa shape index (κ3) is 7.05. The van der Waals surface area contributed by atoms with Crippen molar-refractivity contribution in [1.29, 1.82) is 0 Å². The number of oxime groups is 1. The number of hydrazine groups is 1. The van der Waals surface area contributed by atoms with Crippen LogP contribution in [0.1, 0.15) is 48.5 Å². The van der Waals surface area contributed by atoms with Crippen LogP contribution in [0.2, 0.25) is 0 Å². The van der Waals surface area contributed by atoms with Gasteiger partial charge in [-0.15, -0.1) is 10.0 Å². The number of carbonyl (C=O) groups excluding carboxylic acids is 4. The Morgan fingerprint density at radius 1 is 1.10 bits per heavy atom. The van der Waals surface area contributed by atoms with E-state index in [-0.39, 0.29) is 12.3 Å². The molecule has 162 valence electrons. The van der Waals surface area contributed by atoms with Gasteiger partial charge in [0, 0.05) is 6.92 Å². The van der Waals surface area contributed by atoms with Crippen molar-refractivity contribution in [2.45, 2.75) is 59.7 Å². The number of nitrogens with zero attached hydrogens (tertiary/aromatic N) is 5. The Morgan fingerprint density at radius 3 is 2.10 bits per heavy atom. The molecule has 0 bridgehead atoms. The molecule has 0 spiro atoms. The van der Waals surface area contributed by atoms with E-state index in [9.17, 15) is 19.2 Å². The predicted molar refractivity (Wildman–Crippen MR) is 102 cm³/mol. The van der Waals surface area contributed by atoms with E-state index in [1.807, 2.05) is 0 Å². The second-order valence-electron chi connectivity index (χ2n) is 7.95. The summed E-state index contributed by atoms with van der Waals surface area (Å²) in [5, 5.41) is 9.01. The zero-order valence-corrected chi connectivity index (χ0v) is 17.9. The maximum Gasteiger partial charge on any atom is 0.439 e. The standard InChI is InChI=1S/C17H27N5O7/c1-11(23)22(15(26)29-17(5,6)7)20-10-12(9-18-27-8)19-21(13(20)24)14(25)28-16(2,3)4/h9H,10H2,1-8H3. The van der Waals surface area contributed by atoms with Gasteiger partial charge in [0.15, 0.2) is 0 Å². The second kappa shape index (κ2) is 8.88. The lowest BCUT2D eigenvalue weighted by Gasteiger charge is -2.37. The predicted octanol–water partition coefficient (Wildman–Crippen LogP) is 2.35. The zero-order valence-electron chi connectivity index (χ0n) is 17.9. The van der Waals surface area contributed by atoms with Gasteiger partial charge in [-0.2, -0.15) is 5.10 Å². The first-order chi connectivity index (χ1) is 13.2. The summed E-state index contributed by atoms with van der Waals surface area (Å²) in [5.41, 5.74) is -1.79. The van der Waals surface area contributed by atoms with E-state index in [1.54, 1.807) is 41.5 Å². The van der Waals surface area contributed by atoms with Crippen LogP contribution in [0.3, 0.4) is 0 Å². The average molecular weight is 413 g/mol. The zero-order chi connectivity index (χ0) is 22.6. The van der Waals surface area contributed by atoms with Gasteiger partial charge in [-0.1, -0.05) is 5.16 Å². The lowest BCUT2D eigenvalue weighted by atomic mass is 10.2. The monoisotopic (exact) mass is 413 g/mol. The molecule has 29 heavy (non-hydrogen) atoms. The normalized spacial score (nSPS) is 15.2. The van der Waals surface area contributed by atoms with Crippen molar-refractivity contribution in [2.24, 2.45) is 10.3 Å². The highest BCUT2D eigenvalue weighted by Gasteiger charge is 2.42. The fourth-order valence-electron chi connectivity index (χ4n) is 2.00. The molecule has 0 saturated heterocycles. The van der Waals surface area contributed by atoms with Crippen molar-refractivity contribution in [2.75, 3.05) is 13.7 Å². The molecular weight excluding hydrogens is 386 g/mol. The quantitative estimate of drug-likeness (QED) is 0.512. The minimum Gasteiger partial charge on any atom is -0.442 e. The fraction of sp³-hybridized carbons (Fsp3) is 0.647. The van der Waals surface area contributed by atoms with Crippen LogP contribution in [0.5, 0.6) is 0 Å². The number of urea groups is 1. The van der Waals surface area contributed by atoms with Gasteiger partial charge in [-0.3, -0.25) is 4.79 Å². The molecule has 0 N–H and O–H groups in total. The Balaban J connectivity index is 3.34. The number of amides is 5. The van der Waals surface area contributed by atoms with Crippen LogP contribution in [-0.2, 0) is 19.1 Å². The summed E-state index contributed by atoms with van der Waals surface area (Å²) in [6, 6.07) is -1.07. The molecule has 12 heteroatoms. The van der Waals surface area contributed by atoms with E-state index in [2.05, 4.69) is 15.1 Å². The van der Waals surface area contributed by atoms with Gasteiger partial charge in [0.1, 0.15) is 24.0 Å². The van der Waals surface area contributed by atoms with Gasteiger partial charge in [0.25, 0.3) is 0 Å². The molecule has 0 aromatic rings. The summed E-state index contributed by atoms with van der Waals surface area (Å²) in [6.07, 6.45) is -1.06. The van der Waals surface area contributed by atoms with Gasteiger partial charge in [0.05, 0.1) is 12.8 Å². The van der Waals surface area contributed by atoms with Gasteiger partial charge in [0.2, 0.25) is 5.91 Å². The molecule has 1 aliphatic heterocycles. The summed E-state index contributed by atoms with van der Waals surface area (Å²) in [6.45, 7) is 10.4. The third-order valence-electron chi connectivity index (χ3n) is 2.92. The Hall–Kier alpha value is -3.18. The Morgan fingerprint density at radius 2 is 1.66 bits per heavy atom. The first-order valence-corrected chi connectivity index (χ1v) is 8.68. The molecule has 0 aromatic carbocycles. The second-order valence-corrected chi connectivity index (χ2v) is 7.95. The highest BCUT2D eigenvalue weighted by molar-refractivity contribution is 6.32. The molecule has 0 atom stereocenters. The third-order valence-corrected chi connectivity index (χ3v) is 2.92. The van der Waals surface area contributed by atoms with Gasteiger partial charge in [-0.05, 0) is 41.5 Å². The van der Waals surface area contributed by atoms with E-state index in [1.165, 1.54) is 7.11 Å². The summed E-state index contributed by atoms with van der Waals surface area (Å²) in [5.74, 6) is -0.804. The molecule has 1 rings (SSSR count). The van der Waals surface area contributed by atoms with E-state index in [0.29, 0.717) is 15.0 Å². The van der Waals surface area contributed by atoms with Crippen LogP contribution < -0.4 is 0 Å². The van der Waals surface area contributed by atoms with E-state index < -0.39 is 35.3 Å². The van der Waals surface area contributed by atoms with Crippen molar-refractivity contribution in [1.82, 2.24) is 15.0 Å². The maximum absolute atomic E-state index is 12.9. The topological polar surface area (TPSA) is 130 Å². The number of ether oxygens (including phenoxy) is 2. The number of imide groups is 2. The molecule has 0 aromatic heterocycles. The number of hydrogen-bond acceptors (Lipinski definition) is 9. The number of hydrogen-bond donors (Lipinski definition) is 0. The molecule has 0 unspecified atom stereocenters. The highest BCUT2D eigenvalue weighted by atomic mass is 16.6. The molecule has 0 saturated carbocycles. The molecule has 0 radical (unpaired) electrons. The Labute approximate surface area is 169 Å². The minimum absolute atomic E-state index is 0.0483. The van der Waals surface area contributed by atoms with Gasteiger partial charge >= 0.3 is 18.2 Å². The fourth-order valence-corrected chi connectivity index (χ4v) is 2.00. The van der Waals surface area contributed by atoms with Gasteiger partial charge < -0.3 is 14.3 Å². The van der Waals surface area contributed by atoms with E-state index in [0.717, 1.165) is 13.1 Å². The summed E-state index contributed by atoms with van der Waals surface area (Å²) in [7, 11) is 1.29. The van der Waals surface area contributed by atoms with Crippen molar-refractivity contribution < 1.29 is 33.5 Å². The molecule has 5 amide bonds. The molecule has 0 aliphatic carbocycles. The largest absolute Gasteiger partial charge is 0.442 e. The number of hydrazone groups is 1. The smallest absolute Gasteiger partial charge is 0.439 e. The van der Waals surface area contributed by atoms with Crippen LogP contribution in [0.4, 0.5) is 14.4 Å². The first kappa shape index (κ1) is 23.9. The minimum atomic E-state index is -1.09. The summed E-state index contributed by atoms with van der Waals surface area (Å²) in [4.78, 5) is 54.5. The Bertz CT molecular complexity index is 733. The molecule has 0 fully saturated rings. The lowest BCUT2D eigenvalue weighted by Crippen LogP contribution is -2.61. The van der Waals surface area contributed by atoms with Crippen molar-refractivity contribution in [3.63, 3.8) is 0 Å². The van der Waals surface area contributed by atoms with E-state index in [4.69, 9.17) is 9.47 Å². The van der Waals surface area contributed by atoms with Crippen molar-refractivity contribution in [3.8, 4) is 0 Å². The molecule has 1 aliphatic rings. The molecule has 1 heterocycles. The van der Waals surface area contributed by atoms with Crippen LogP contribution in [0.15, 0.2) is 10.3 Å². The summed E-state index contributed by atoms with van der Waals surface area (Å²) < 4.78 is 10.4. The van der Waals surface area contributed by atoms with Crippen LogP contribution >= 0.6 is 0 Å². The first-order valence-electron chi connectivity index (χ1n) is 8.68. The van der Waals surface area contributed by atoms with Crippen molar-refractivity contribution >= 4 is 36.1 Å². The Kier molecular flexibility index (Phi) is 7.31.